The van der Waals surface area contributed by atoms with Crippen LogP contribution in [0.15, 0.2) is 36.9 Å². The summed E-state index contributed by atoms with van der Waals surface area (Å²) in [6.07, 6.45) is 6.13. The summed E-state index contributed by atoms with van der Waals surface area (Å²) in [5, 5.41) is 0.190. The van der Waals surface area contributed by atoms with Crippen molar-refractivity contribution >= 4 is 17.5 Å². The number of halogens is 1. The third-order valence-electron chi connectivity index (χ3n) is 1.67. The minimum Gasteiger partial charge on any atom is -0.268 e. The van der Waals surface area contributed by atoms with E-state index >= 15 is 0 Å². The van der Waals surface area contributed by atoms with E-state index < -0.39 is 0 Å². The molecule has 0 fully saturated rings. The van der Waals surface area contributed by atoms with Gasteiger partial charge in [-0.2, -0.15) is 0 Å². The summed E-state index contributed by atoms with van der Waals surface area (Å²) < 4.78 is 1.52. The molecule has 0 aliphatic heterocycles. The normalized spacial score (nSPS) is 9.93. The van der Waals surface area contributed by atoms with Crippen molar-refractivity contribution in [2.24, 2.45) is 0 Å². The first-order chi connectivity index (χ1) is 7.25. The van der Waals surface area contributed by atoms with Crippen LogP contribution in [0.25, 0.3) is 0 Å². The number of hydrogen-bond donors (Lipinski definition) is 1. The molecular formula is C9H7ClN4O. The van der Waals surface area contributed by atoms with Gasteiger partial charge in [-0.05, 0) is 12.1 Å². The molecule has 0 aliphatic rings. The van der Waals surface area contributed by atoms with Gasteiger partial charge in [0.2, 0.25) is 0 Å². The summed E-state index contributed by atoms with van der Waals surface area (Å²) in [6, 6.07) is 3.59. The lowest BCUT2D eigenvalue weighted by Gasteiger charge is -2.04. The van der Waals surface area contributed by atoms with E-state index in [9.17, 15) is 4.79 Å². The van der Waals surface area contributed by atoms with Gasteiger partial charge in [-0.3, -0.25) is 19.9 Å². The zero-order valence-electron chi connectivity index (χ0n) is 7.59. The molecule has 0 bridgehead atoms. The van der Waals surface area contributed by atoms with E-state index in [1.54, 1.807) is 24.5 Å². The molecule has 76 valence electrons. The van der Waals surface area contributed by atoms with Crippen molar-refractivity contribution in [2.75, 3.05) is 5.43 Å². The minimum atomic E-state index is -0.360. The Labute approximate surface area is 90.7 Å². The first kappa shape index (κ1) is 9.67. The highest BCUT2D eigenvalue weighted by Crippen LogP contribution is 2.02. The number of carbonyl (C=O) groups excluding carboxylic acids is 1. The van der Waals surface area contributed by atoms with Crippen molar-refractivity contribution in [3.8, 4) is 0 Å². The number of aromatic nitrogens is 3. The summed E-state index contributed by atoms with van der Waals surface area (Å²) in [4.78, 5) is 19.2. The van der Waals surface area contributed by atoms with Crippen molar-refractivity contribution in [3.63, 3.8) is 0 Å². The maximum Gasteiger partial charge on any atom is 0.290 e. The molecule has 2 rings (SSSR count). The van der Waals surface area contributed by atoms with Crippen LogP contribution in [0.4, 0.5) is 0 Å². The number of rotatable bonds is 2. The molecule has 0 radical (unpaired) electrons. The summed E-state index contributed by atoms with van der Waals surface area (Å²) in [5.41, 5.74) is 2.76. The van der Waals surface area contributed by atoms with E-state index in [-0.39, 0.29) is 16.8 Å². The molecule has 0 aromatic carbocycles. The summed E-state index contributed by atoms with van der Waals surface area (Å²) in [6.45, 7) is 0. The molecule has 1 amide bonds. The fourth-order valence-electron chi connectivity index (χ4n) is 1.04. The average molecular weight is 223 g/mol. The second-order valence-electron chi connectivity index (χ2n) is 2.76. The van der Waals surface area contributed by atoms with Gasteiger partial charge in [-0.1, -0.05) is 11.6 Å². The van der Waals surface area contributed by atoms with Crippen LogP contribution in [0.5, 0.6) is 0 Å². The van der Waals surface area contributed by atoms with Gasteiger partial charge in [0.25, 0.3) is 5.91 Å². The first-order valence-corrected chi connectivity index (χ1v) is 4.55. The van der Waals surface area contributed by atoms with Gasteiger partial charge >= 0.3 is 0 Å². The second kappa shape index (κ2) is 4.10. The van der Waals surface area contributed by atoms with Crippen molar-refractivity contribution in [3.05, 3.63) is 47.8 Å². The quantitative estimate of drug-likeness (QED) is 0.834. The van der Waals surface area contributed by atoms with Crippen LogP contribution in [-0.2, 0) is 0 Å². The Kier molecular flexibility index (Phi) is 2.64. The average Bonchev–Trinajstić information content (AvgIpc) is 2.70. The highest BCUT2D eigenvalue weighted by Gasteiger charge is 2.07. The molecule has 0 aliphatic carbocycles. The number of hydrogen-bond acceptors (Lipinski definition) is 3. The van der Waals surface area contributed by atoms with E-state index in [1.807, 2.05) is 0 Å². The largest absolute Gasteiger partial charge is 0.290 e. The Morgan fingerprint density at radius 2 is 2.07 bits per heavy atom. The standard InChI is InChI=1S/C9H7ClN4O/c10-8-6-11-5-7(12-8)9(15)13-14-3-1-2-4-14/h1-6H,(H,13,15). The Morgan fingerprint density at radius 3 is 2.73 bits per heavy atom. The van der Waals surface area contributed by atoms with E-state index in [4.69, 9.17) is 11.6 Å². The van der Waals surface area contributed by atoms with Crippen molar-refractivity contribution in [1.82, 2.24) is 14.6 Å². The van der Waals surface area contributed by atoms with E-state index in [0.29, 0.717) is 0 Å². The molecular weight excluding hydrogens is 216 g/mol. The second-order valence-corrected chi connectivity index (χ2v) is 3.15. The predicted molar refractivity (Wildman–Crippen MR) is 55.2 cm³/mol. The molecule has 0 atom stereocenters. The Balaban J connectivity index is 2.15. The van der Waals surface area contributed by atoms with Gasteiger partial charge in [-0.25, -0.2) is 4.98 Å². The van der Waals surface area contributed by atoms with Crippen LogP contribution in [0.1, 0.15) is 10.5 Å². The van der Waals surface area contributed by atoms with Crippen LogP contribution in [0.2, 0.25) is 5.15 Å². The lowest BCUT2D eigenvalue weighted by molar-refractivity contribution is 0.100. The molecule has 2 heterocycles. The lowest BCUT2D eigenvalue weighted by atomic mass is 10.4. The third-order valence-corrected chi connectivity index (χ3v) is 1.85. The monoisotopic (exact) mass is 222 g/mol. The highest BCUT2D eigenvalue weighted by atomic mass is 35.5. The van der Waals surface area contributed by atoms with E-state index in [0.717, 1.165) is 0 Å². The van der Waals surface area contributed by atoms with Crippen LogP contribution in [-0.4, -0.2) is 20.6 Å². The molecule has 6 heteroatoms. The number of nitrogens with one attached hydrogen (secondary N) is 1. The van der Waals surface area contributed by atoms with Crippen LogP contribution in [0, 0.1) is 0 Å². The Bertz CT molecular complexity index is 469. The maximum atomic E-state index is 11.6. The Hall–Kier alpha value is -1.88. The van der Waals surface area contributed by atoms with Crippen molar-refractivity contribution in [1.29, 1.82) is 0 Å². The van der Waals surface area contributed by atoms with Gasteiger partial charge in [0.15, 0.2) is 0 Å². The summed E-state index contributed by atoms with van der Waals surface area (Å²) >= 11 is 5.61. The van der Waals surface area contributed by atoms with Gasteiger partial charge in [0, 0.05) is 12.4 Å². The van der Waals surface area contributed by atoms with Crippen molar-refractivity contribution in [2.45, 2.75) is 0 Å². The molecule has 1 N–H and O–H groups in total. The minimum absolute atomic E-state index is 0.177. The van der Waals surface area contributed by atoms with Crippen LogP contribution >= 0.6 is 11.6 Å². The predicted octanol–water partition coefficient (Wildman–Crippen LogP) is 1.32. The molecule has 0 saturated heterocycles. The molecule has 0 saturated carbocycles. The van der Waals surface area contributed by atoms with Gasteiger partial charge < -0.3 is 0 Å². The molecule has 2 aromatic heterocycles. The SMILES string of the molecule is O=C(Nn1cccc1)c1cncc(Cl)n1. The molecule has 0 spiro atoms. The third kappa shape index (κ3) is 2.32. The number of carbonyl (C=O) groups is 1. The zero-order valence-corrected chi connectivity index (χ0v) is 8.35. The number of nitrogens with zero attached hydrogens (tertiary/aromatic N) is 3. The molecule has 0 unspecified atom stereocenters. The van der Waals surface area contributed by atoms with Gasteiger partial charge in [-0.15, -0.1) is 0 Å². The van der Waals surface area contributed by atoms with Crippen molar-refractivity contribution < 1.29 is 4.79 Å². The smallest absolute Gasteiger partial charge is 0.268 e. The lowest BCUT2D eigenvalue weighted by Crippen LogP contribution is -2.22. The van der Waals surface area contributed by atoms with Crippen LogP contribution in [0.3, 0.4) is 0 Å². The first-order valence-electron chi connectivity index (χ1n) is 4.17. The van der Waals surface area contributed by atoms with Crippen LogP contribution < -0.4 is 5.43 Å². The molecule has 2 aromatic rings. The van der Waals surface area contributed by atoms with Gasteiger partial charge in [0.05, 0.1) is 12.4 Å². The highest BCUT2D eigenvalue weighted by molar-refractivity contribution is 6.29. The number of amides is 1. The molecule has 15 heavy (non-hydrogen) atoms. The van der Waals surface area contributed by atoms with Gasteiger partial charge in [0.1, 0.15) is 10.8 Å². The van der Waals surface area contributed by atoms with E-state index in [2.05, 4.69) is 15.4 Å². The fraction of sp³-hybridized carbons (Fsp3) is 0. The summed E-state index contributed by atoms with van der Waals surface area (Å²) in [7, 11) is 0. The fourth-order valence-corrected chi connectivity index (χ4v) is 1.18. The van der Waals surface area contributed by atoms with E-state index in [1.165, 1.54) is 17.1 Å². The molecule has 5 nitrogen and oxygen atoms in total. The topological polar surface area (TPSA) is 59.8 Å². The maximum absolute atomic E-state index is 11.6. The Morgan fingerprint density at radius 1 is 1.33 bits per heavy atom. The zero-order chi connectivity index (χ0) is 10.7. The summed E-state index contributed by atoms with van der Waals surface area (Å²) in [5.74, 6) is -0.360.